The zero-order valence-electron chi connectivity index (χ0n) is 12.7. The minimum atomic E-state index is 0.0756. The highest BCUT2D eigenvalue weighted by atomic mass is 16.5. The van der Waals surface area contributed by atoms with E-state index in [0.29, 0.717) is 0 Å². The fourth-order valence-corrected chi connectivity index (χ4v) is 2.90. The minimum Gasteiger partial charge on any atom is -0.496 e. The van der Waals surface area contributed by atoms with Gasteiger partial charge in [-0.05, 0) is 31.4 Å². The Morgan fingerprint density at radius 2 is 2.00 bits per heavy atom. The lowest BCUT2D eigenvalue weighted by Gasteiger charge is -2.22. The molecule has 2 rings (SSSR count). The number of likely N-dealkylation sites (N-methyl/N-ethyl adjacent to an activating group) is 1. The van der Waals surface area contributed by atoms with Gasteiger partial charge in [0.25, 0.3) is 0 Å². The van der Waals surface area contributed by atoms with Crippen molar-refractivity contribution in [3.63, 3.8) is 0 Å². The number of para-hydroxylation sites is 1. The Labute approximate surface area is 122 Å². The molecule has 1 fully saturated rings. The van der Waals surface area contributed by atoms with Crippen molar-refractivity contribution < 1.29 is 9.47 Å². The van der Waals surface area contributed by atoms with E-state index in [-0.39, 0.29) is 6.10 Å². The van der Waals surface area contributed by atoms with Crippen molar-refractivity contribution in [1.29, 1.82) is 0 Å². The minimum absolute atomic E-state index is 0.0756. The highest BCUT2D eigenvalue weighted by Gasteiger charge is 2.20. The molecule has 1 N–H and O–H groups in total. The van der Waals surface area contributed by atoms with Gasteiger partial charge in [0.15, 0.2) is 0 Å². The van der Waals surface area contributed by atoms with Gasteiger partial charge in [0, 0.05) is 12.1 Å². The SMILES string of the molecule is CCNCC(OCC1CCCC1)c1ccccc1OC. The van der Waals surface area contributed by atoms with Crippen LogP contribution in [0.5, 0.6) is 5.75 Å². The lowest BCUT2D eigenvalue weighted by atomic mass is 10.1. The molecule has 0 radical (unpaired) electrons. The predicted molar refractivity (Wildman–Crippen MR) is 82.2 cm³/mol. The molecule has 3 nitrogen and oxygen atoms in total. The molecule has 112 valence electrons. The smallest absolute Gasteiger partial charge is 0.124 e. The fraction of sp³-hybridized carbons (Fsp3) is 0.647. The molecule has 0 aliphatic heterocycles. The Morgan fingerprint density at radius 1 is 1.25 bits per heavy atom. The number of ether oxygens (including phenoxy) is 2. The summed E-state index contributed by atoms with van der Waals surface area (Å²) in [5, 5.41) is 3.39. The molecule has 1 aliphatic carbocycles. The standard InChI is InChI=1S/C17H27NO2/c1-3-18-12-17(20-13-14-8-4-5-9-14)15-10-6-7-11-16(15)19-2/h6-7,10-11,14,17-18H,3-5,8-9,12-13H2,1-2H3. The van der Waals surface area contributed by atoms with E-state index in [1.807, 2.05) is 12.1 Å². The number of nitrogens with one attached hydrogen (secondary N) is 1. The van der Waals surface area contributed by atoms with Crippen LogP contribution in [0.15, 0.2) is 24.3 Å². The summed E-state index contributed by atoms with van der Waals surface area (Å²) in [6.45, 7) is 4.78. The number of methoxy groups -OCH3 is 1. The number of hydrogen-bond acceptors (Lipinski definition) is 3. The molecule has 3 heteroatoms. The summed E-state index contributed by atoms with van der Waals surface area (Å²) >= 11 is 0. The van der Waals surface area contributed by atoms with Gasteiger partial charge in [0.05, 0.1) is 19.8 Å². The summed E-state index contributed by atoms with van der Waals surface area (Å²) in [7, 11) is 1.72. The average Bonchev–Trinajstić information content (AvgIpc) is 3.01. The normalized spacial score (nSPS) is 17.3. The molecule has 1 unspecified atom stereocenters. The first-order chi connectivity index (χ1) is 9.85. The number of benzene rings is 1. The molecular weight excluding hydrogens is 250 g/mol. The Balaban J connectivity index is 2.01. The first kappa shape index (κ1) is 15.3. The molecule has 0 spiro atoms. The topological polar surface area (TPSA) is 30.5 Å². The summed E-state index contributed by atoms with van der Waals surface area (Å²) in [5.41, 5.74) is 1.15. The molecule has 1 atom stereocenters. The molecule has 1 saturated carbocycles. The summed E-state index contributed by atoms with van der Waals surface area (Å²) in [4.78, 5) is 0. The largest absolute Gasteiger partial charge is 0.496 e. The van der Waals surface area contributed by atoms with Gasteiger partial charge in [-0.1, -0.05) is 38.0 Å². The van der Waals surface area contributed by atoms with Crippen LogP contribution in [-0.4, -0.2) is 26.8 Å². The van der Waals surface area contributed by atoms with Gasteiger partial charge in [-0.2, -0.15) is 0 Å². The van der Waals surface area contributed by atoms with Gasteiger partial charge in [0.2, 0.25) is 0 Å². The van der Waals surface area contributed by atoms with E-state index in [1.165, 1.54) is 25.7 Å². The zero-order chi connectivity index (χ0) is 14.2. The van der Waals surface area contributed by atoms with Crippen LogP contribution < -0.4 is 10.1 Å². The van der Waals surface area contributed by atoms with Gasteiger partial charge in [-0.15, -0.1) is 0 Å². The highest BCUT2D eigenvalue weighted by molar-refractivity contribution is 5.35. The van der Waals surface area contributed by atoms with Crippen LogP contribution >= 0.6 is 0 Å². The third-order valence-electron chi connectivity index (χ3n) is 4.07. The highest BCUT2D eigenvalue weighted by Crippen LogP contribution is 2.30. The van der Waals surface area contributed by atoms with Crippen LogP contribution in [-0.2, 0) is 4.74 Å². The van der Waals surface area contributed by atoms with Crippen molar-refractivity contribution in [3.8, 4) is 5.75 Å². The molecular formula is C17H27NO2. The van der Waals surface area contributed by atoms with Crippen LogP contribution in [0.3, 0.4) is 0 Å². The number of rotatable bonds is 8. The van der Waals surface area contributed by atoms with E-state index in [2.05, 4.69) is 24.4 Å². The first-order valence-electron chi connectivity index (χ1n) is 7.80. The van der Waals surface area contributed by atoms with Crippen LogP contribution in [0.25, 0.3) is 0 Å². The van der Waals surface area contributed by atoms with Crippen LogP contribution in [0, 0.1) is 5.92 Å². The molecule has 1 aromatic rings. The maximum absolute atomic E-state index is 6.21. The lowest BCUT2D eigenvalue weighted by molar-refractivity contribution is 0.0284. The molecule has 0 bridgehead atoms. The van der Waals surface area contributed by atoms with Crippen molar-refractivity contribution in [2.75, 3.05) is 26.8 Å². The van der Waals surface area contributed by atoms with Gasteiger partial charge in [-0.3, -0.25) is 0 Å². The summed E-state index contributed by atoms with van der Waals surface area (Å²) in [6.07, 6.45) is 5.44. The van der Waals surface area contributed by atoms with Gasteiger partial charge < -0.3 is 14.8 Å². The number of hydrogen-bond donors (Lipinski definition) is 1. The Morgan fingerprint density at radius 3 is 2.70 bits per heavy atom. The van der Waals surface area contributed by atoms with E-state index >= 15 is 0 Å². The van der Waals surface area contributed by atoms with E-state index in [9.17, 15) is 0 Å². The molecule has 1 aliphatic rings. The van der Waals surface area contributed by atoms with Crippen LogP contribution in [0.1, 0.15) is 44.3 Å². The third kappa shape index (κ3) is 4.22. The van der Waals surface area contributed by atoms with Gasteiger partial charge in [-0.25, -0.2) is 0 Å². The summed E-state index contributed by atoms with van der Waals surface area (Å²) < 4.78 is 11.7. The Hall–Kier alpha value is -1.06. The lowest BCUT2D eigenvalue weighted by Crippen LogP contribution is -2.25. The van der Waals surface area contributed by atoms with Crippen molar-refractivity contribution >= 4 is 0 Å². The second-order valence-corrected chi connectivity index (χ2v) is 5.52. The first-order valence-corrected chi connectivity index (χ1v) is 7.80. The maximum atomic E-state index is 6.21. The maximum Gasteiger partial charge on any atom is 0.124 e. The fourth-order valence-electron chi connectivity index (χ4n) is 2.90. The van der Waals surface area contributed by atoms with Gasteiger partial charge >= 0.3 is 0 Å². The van der Waals surface area contributed by atoms with Crippen LogP contribution in [0.4, 0.5) is 0 Å². The summed E-state index contributed by atoms with van der Waals surface area (Å²) in [5.74, 6) is 1.66. The predicted octanol–water partition coefficient (Wildman–Crippen LogP) is 3.55. The summed E-state index contributed by atoms with van der Waals surface area (Å²) in [6, 6.07) is 8.17. The van der Waals surface area contributed by atoms with Gasteiger partial charge in [0.1, 0.15) is 5.75 Å². The van der Waals surface area contributed by atoms with E-state index in [1.54, 1.807) is 7.11 Å². The molecule has 0 aromatic heterocycles. The second kappa shape index (κ2) is 8.28. The third-order valence-corrected chi connectivity index (χ3v) is 4.07. The molecule has 20 heavy (non-hydrogen) atoms. The van der Waals surface area contributed by atoms with E-state index < -0.39 is 0 Å². The van der Waals surface area contributed by atoms with Crippen molar-refractivity contribution in [1.82, 2.24) is 5.32 Å². The van der Waals surface area contributed by atoms with Crippen molar-refractivity contribution in [3.05, 3.63) is 29.8 Å². The van der Waals surface area contributed by atoms with Crippen molar-refractivity contribution in [2.24, 2.45) is 5.92 Å². The Bertz CT molecular complexity index is 388. The molecule has 0 heterocycles. The van der Waals surface area contributed by atoms with E-state index in [4.69, 9.17) is 9.47 Å². The van der Waals surface area contributed by atoms with Crippen LogP contribution in [0.2, 0.25) is 0 Å². The average molecular weight is 277 g/mol. The molecule has 0 saturated heterocycles. The second-order valence-electron chi connectivity index (χ2n) is 5.52. The van der Waals surface area contributed by atoms with E-state index in [0.717, 1.165) is 36.9 Å². The molecule has 1 aromatic carbocycles. The Kier molecular flexibility index (Phi) is 6.34. The van der Waals surface area contributed by atoms with Crippen molar-refractivity contribution in [2.45, 2.75) is 38.7 Å². The zero-order valence-corrected chi connectivity index (χ0v) is 12.7. The quantitative estimate of drug-likeness (QED) is 0.788. The molecule has 0 amide bonds. The monoisotopic (exact) mass is 277 g/mol.